The van der Waals surface area contributed by atoms with Crippen molar-refractivity contribution in [2.24, 2.45) is 0 Å². The maximum absolute atomic E-state index is 14.4. The first kappa shape index (κ1) is 21.9. The Labute approximate surface area is 187 Å². The van der Waals surface area contributed by atoms with Crippen LogP contribution in [0.1, 0.15) is 62.3 Å². The summed E-state index contributed by atoms with van der Waals surface area (Å²) in [5, 5.41) is 8.94. The Morgan fingerprint density at radius 2 is 1.94 bits per heavy atom. The van der Waals surface area contributed by atoms with Crippen LogP contribution in [0.3, 0.4) is 0 Å². The van der Waals surface area contributed by atoms with Crippen molar-refractivity contribution in [1.82, 2.24) is 4.90 Å². The number of ether oxygens (including phenoxy) is 3. The lowest BCUT2D eigenvalue weighted by atomic mass is 9.88. The molecule has 1 atom stereocenters. The third kappa shape index (κ3) is 4.64. The highest BCUT2D eigenvalue weighted by molar-refractivity contribution is 5.68. The molecule has 2 heterocycles. The zero-order valence-corrected chi connectivity index (χ0v) is 18.6. The fourth-order valence-electron chi connectivity index (χ4n) is 4.16. The van der Waals surface area contributed by atoms with Crippen molar-refractivity contribution in [2.45, 2.75) is 51.2 Å². The standard InChI is InChI=1S/C25H27FN2O4/c1-25(2,3)32-24(29)28-11-9-17(10-12-28)18-5-4-6-21-23(18)30-15-22(31-21)19-8-7-16(14-27)13-20(19)26/h4-8,13,17,22H,9-12,15H2,1-3H3/t22-/m1/s1. The van der Waals surface area contributed by atoms with Gasteiger partial charge in [0, 0.05) is 24.2 Å². The van der Waals surface area contributed by atoms with Crippen molar-refractivity contribution in [3.63, 3.8) is 0 Å². The van der Waals surface area contributed by atoms with Gasteiger partial charge in [-0.25, -0.2) is 9.18 Å². The zero-order chi connectivity index (χ0) is 22.9. The van der Waals surface area contributed by atoms with Crippen LogP contribution >= 0.6 is 0 Å². The Kier molecular flexibility index (Phi) is 5.96. The van der Waals surface area contributed by atoms with Crippen molar-refractivity contribution in [3.8, 4) is 17.6 Å². The van der Waals surface area contributed by atoms with Crippen LogP contribution in [-0.2, 0) is 4.74 Å². The summed E-state index contributed by atoms with van der Waals surface area (Å²) in [5.74, 6) is 1.02. The lowest BCUT2D eigenvalue weighted by Gasteiger charge is -2.35. The quantitative estimate of drug-likeness (QED) is 0.634. The summed E-state index contributed by atoms with van der Waals surface area (Å²) in [7, 11) is 0. The second-order valence-corrected chi connectivity index (χ2v) is 9.18. The first-order chi connectivity index (χ1) is 15.2. The highest BCUT2D eigenvalue weighted by Gasteiger charge is 2.32. The van der Waals surface area contributed by atoms with Crippen LogP contribution in [0, 0.1) is 17.1 Å². The van der Waals surface area contributed by atoms with E-state index in [-0.39, 0.29) is 24.2 Å². The van der Waals surface area contributed by atoms with E-state index in [1.807, 2.05) is 45.0 Å². The second-order valence-electron chi connectivity index (χ2n) is 9.18. The molecule has 0 aromatic heterocycles. The van der Waals surface area contributed by atoms with Crippen LogP contribution in [-0.4, -0.2) is 36.3 Å². The summed E-state index contributed by atoms with van der Waals surface area (Å²) in [4.78, 5) is 14.1. The second kappa shape index (κ2) is 8.70. The van der Waals surface area contributed by atoms with Crippen LogP contribution in [0.2, 0.25) is 0 Å². The fourth-order valence-corrected chi connectivity index (χ4v) is 4.16. The number of hydrogen-bond donors (Lipinski definition) is 0. The topological polar surface area (TPSA) is 71.8 Å². The predicted octanol–water partition coefficient (Wildman–Crippen LogP) is 5.32. The van der Waals surface area contributed by atoms with E-state index < -0.39 is 17.5 Å². The van der Waals surface area contributed by atoms with E-state index >= 15 is 0 Å². The number of amides is 1. The van der Waals surface area contributed by atoms with Gasteiger partial charge in [-0.2, -0.15) is 5.26 Å². The van der Waals surface area contributed by atoms with Crippen LogP contribution in [0.5, 0.6) is 11.5 Å². The summed E-state index contributed by atoms with van der Waals surface area (Å²) < 4.78 is 32.1. The number of fused-ring (bicyclic) bond motifs is 1. The number of nitrogens with zero attached hydrogens (tertiary/aromatic N) is 2. The summed E-state index contributed by atoms with van der Waals surface area (Å²) in [6.07, 6.45) is 0.733. The van der Waals surface area contributed by atoms with Gasteiger partial charge < -0.3 is 19.1 Å². The van der Waals surface area contributed by atoms with Crippen molar-refractivity contribution in [3.05, 3.63) is 58.9 Å². The van der Waals surface area contributed by atoms with Crippen molar-refractivity contribution >= 4 is 6.09 Å². The maximum atomic E-state index is 14.4. The molecule has 2 aliphatic heterocycles. The van der Waals surface area contributed by atoms with Crippen LogP contribution in [0.15, 0.2) is 36.4 Å². The molecule has 0 N–H and O–H groups in total. The highest BCUT2D eigenvalue weighted by Crippen LogP contribution is 2.44. The molecule has 2 aromatic carbocycles. The normalized spacial score (nSPS) is 18.7. The van der Waals surface area contributed by atoms with E-state index in [2.05, 4.69) is 0 Å². The monoisotopic (exact) mass is 438 g/mol. The van der Waals surface area contributed by atoms with Gasteiger partial charge in [0.25, 0.3) is 0 Å². The molecule has 4 rings (SSSR count). The van der Waals surface area contributed by atoms with Gasteiger partial charge in [0.05, 0.1) is 11.6 Å². The van der Waals surface area contributed by atoms with E-state index in [0.717, 1.165) is 18.4 Å². The van der Waals surface area contributed by atoms with Gasteiger partial charge in [-0.15, -0.1) is 0 Å². The lowest BCUT2D eigenvalue weighted by Crippen LogP contribution is -2.41. The van der Waals surface area contributed by atoms with E-state index in [0.29, 0.717) is 30.2 Å². The number of halogens is 1. The van der Waals surface area contributed by atoms with E-state index in [1.165, 1.54) is 6.07 Å². The minimum Gasteiger partial charge on any atom is -0.485 e. The van der Waals surface area contributed by atoms with Gasteiger partial charge in [-0.3, -0.25) is 0 Å². The smallest absolute Gasteiger partial charge is 0.410 e. The third-order valence-electron chi connectivity index (χ3n) is 5.72. The van der Waals surface area contributed by atoms with Crippen molar-refractivity contribution in [2.75, 3.05) is 19.7 Å². The molecule has 6 nitrogen and oxygen atoms in total. The molecule has 32 heavy (non-hydrogen) atoms. The molecule has 2 aliphatic rings. The number of nitriles is 1. The number of rotatable bonds is 2. The Balaban J connectivity index is 1.46. The van der Waals surface area contributed by atoms with Crippen LogP contribution in [0.4, 0.5) is 9.18 Å². The predicted molar refractivity (Wildman–Crippen MR) is 116 cm³/mol. The molecule has 0 unspecified atom stereocenters. The van der Waals surface area contributed by atoms with E-state index in [4.69, 9.17) is 19.5 Å². The zero-order valence-electron chi connectivity index (χ0n) is 18.6. The molecule has 0 saturated carbocycles. The number of likely N-dealkylation sites (tertiary alicyclic amines) is 1. The Morgan fingerprint density at radius 1 is 1.19 bits per heavy atom. The number of carbonyl (C=O) groups is 1. The minimum absolute atomic E-state index is 0.184. The summed E-state index contributed by atoms with van der Waals surface area (Å²) >= 11 is 0. The Morgan fingerprint density at radius 3 is 2.59 bits per heavy atom. The molecule has 1 fully saturated rings. The highest BCUT2D eigenvalue weighted by atomic mass is 19.1. The first-order valence-electron chi connectivity index (χ1n) is 10.8. The van der Waals surface area contributed by atoms with Crippen LogP contribution < -0.4 is 9.47 Å². The number of benzene rings is 2. The molecule has 7 heteroatoms. The molecule has 1 saturated heterocycles. The SMILES string of the molecule is CC(C)(C)OC(=O)N1CCC(c2cccc3c2OC[C@H](c2ccc(C#N)cc2F)O3)CC1. The number of carbonyl (C=O) groups excluding carboxylic acids is 1. The van der Waals surface area contributed by atoms with Crippen molar-refractivity contribution < 1.29 is 23.4 Å². The molecule has 2 aromatic rings. The molecule has 0 bridgehead atoms. The van der Waals surface area contributed by atoms with Gasteiger partial charge in [0.15, 0.2) is 17.6 Å². The third-order valence-corrected chi connectivity index (χ3v) is 5.72. The summed E-state index contributed by atoms with van der Waals surface area (Å²) in [5.41, 5.74) is 1.17. The molecule has 0 radical (unpaired) electrons. The van der Waals surface area contributed by atoms with Gasteiger partial charge in [0.1, 0.15) is 18.0 Å². The fraction of sp³-hybridized carbons (Fsp3) is 0.440. The van der Waals surface area contributed by atoms with Crippen molar-refractivity contribution in [1.29, 1.82) is 5.26 Å². The molecule has 0 aliphatic carbocycles. The molecular weight excluding hydrogens is 411 g/mol. The Bertz CT molecular complexity index is 1050. The molecule has 1 amide bonds. The Hall–Kier alpha value is -3.27. The van der Waals surface area contributed by atoms with Gasteiger partial charge in [-0.1, -0.05) is 18.2 Å². The summed E-state index contributed by atoms with van der Waals surface area (Å²) in [6.45, 7) is 7.00. The van der Waals surface area contributed by atoms with E-state index in [1.54, 1.807) is 17.0 Å². The molecular formula is C25H27FN2O4. The number of para-hydroxylation sites is 1. The first-order valence-corrected chi connectivity index (χ1v) is 10.8. The average Bonchev–Trinajstić information content (AvgIpc) is 2.77. The molecule has 168 valence electrons. The maximum Gasteiger partial charge on any atom is 0.410 e. The average molecular weight is 438 g/mol. The van der Waals surface area contributed by atoms with Crippen LogP contribution in [0.25, 0.3) is 0 Å². The largest absolute Gasteiger partial charge is 0.485 e. The van der Waals surface area contributed by atoms with E-state index in [9.17, 15) is 9.18 Å². The summed E-state index contributed by atoms with van der Waals surface area (Å²) in [6, 6.07) is 12.1. The molecule has 0 spiro atoms. The van der Waals surface area contributed by atoms with Gasteiger partial charge in [0.2, 0.25) is 0 Å². The van der Waals surface area contributed by atoms with Gasteiger partial charge >= 0.3 is 6.09 Å². The number of piperidine rings is 1. The lowest BCUT2D eigenvalue weighted by molar-refractivity contribution is 0.0203. The minimum atomic E-state index is -0.584. The number of hydrogen-bond acceptors (Lipinski definition) is 5. The van der Waals surface area contributed by atoms with Gasteiger partial charge in [-0.05, 0) is 57.7 Å².